The summed E-state index contributed by atoms with van der Waals surface area (Å²) in [5.41, 5.74) is 3.94. The third kappa shape index (κ3) is 8.17. The summed E-state index contributed by atoms with van der Waals surface area (Å²) < 4.78 is 5.44. The summed E-state index contributed by atoms with van der Waals surface area (Å²) in [4.78, 5) is 48.6. The van der Waals surface area contributed by atoms with Crippen LogP contribution in [0.25, 0.3) is 6.08 Å². The number of amides is 2. The molecule has 4 aromatic carbocycles. The van der Waals surface area contributed by atoms with E-state index >= 15 is 0 Å². The first-order valence-electron chi connectivity index (χ1n) is 12.6. The van der Waals surface area contributed by atoms with Crippen molar-refractivity contribution in [2.75, 3.05) is 0 Å². The van der Waals surface area contributed by atoms with E-state index in [0.29, 0.717) is 11.1 Å². The molecule has 2 N–H and O–H groups in total. The Kier molecular flexibility index (Phi) is 9.81. The number of carbonyl (C=O) groups excluding carboxylic acids is 3. The van der Waals surface area contributed by atoms with Crippen LogP contribution in [-0.2, 0) is 4.79 Å². The van der Waals surface area contributed by atoms with E-state index in [1.807, 2.05) is 30.3 Å². The maximum Gasteiger partial charge on any atom is 0.343 e. The van der Waals surface area contributed by atoms with Gasteiger partial charge in [0.25, 0.3) is 17.5 Å². The van der Waals surface area contributed by atoms with Gasteiger partial charge in [0.15, 0.2) is 0 Å². The van der Waals surface area contributed by atoms with Crippen LogP contribution in [0.15, 0.2) is 132 Å². The van der Waals surface area contributed by atoms with Crippen LogP contribution in [0.5, 0.6) is 5.75 Å². The molecule has 0 aromatic heterocycles. The van der Waals surface area contributed by atoms with Gasteiger partial charge in [-0.3, -0.25) is 19.7 Å². The van der Waals surface area contributed by atoms with Gasteiger partial charge in [-0.2, -0.15) is 5.10 Å². The molecule has 42 heavy (non-hydrogen) atoms. The second-order valence-corrected chi connectivity index (χ2v) is 8.60. The highest BCUT2D eigenvalue weighted by Gasteiger charge is 2.15. The van der Waals surface area contributed by atoms with Gasteiger partial charge < -0.3 is 10.1 Å². The number of nitro groups is 1. The van der Waals surface area contributed by atoms with Gasteiger partial charge in [0.2, 0.25) is 0 Å². The number of nitrogens with one attached hydrogen (secondary N) is 2. The molecule has 4 aromatic rings. The molecule has 0 saturated carbocycles. The Morgan fingerprint density at radius 1 is 0.786 bits per heavy atom. The molecule has 0 aliphatic rings. The van der Waals surface area contributed by atoms with Gasteiger partial charge in [0.1, 0.15) is 11.4 Å². The highest BCUT2D eigenvalue weighted by Crippen LogP contribution is 2.19. The van der Waals surface area contributed by atoms with Crippen LogP contribution in [0.1, 0.15) is 31.8 Å². The van der Waals surface area contributed by atoms with Crippen LogP contribution >= 0.6 is 0 Å². The number of nitro benzene ring substituents is 1. The van der Waals surface area contributed by atoms with Gasteiger partial charge >= 0.3 is 5.97 Å². The number of hydrogen-bond acceptors (Lipinski definition) is 7. The predicted octanol–water partition coefficient (Wildman–Crippen LogP) is 5.29. The Morgan fingerprint density at radius 3 is 2.12 bits per heavy atom. The van der Waals surface area contributed by atoms with Crippen LogP contribution in [0.4, 0.5) is 5.69 Å². The minimum absolute atomic E-state index is 0.0499. The van der Waals surface area contributed by atoms with Gasteiger partial charge in [-0.05, 0) is 48.0 Å². The van der Waals surface area contributed by atoms with Crippen LogP contribution < -0.4 is 15.5 Å². The molecule has 0 bridgehead atoms. The zero-order chi connectivity index (χ0) is 29.7. The first-order chi connectivity index (χ1) is 20.4. The fourth-order valence-electron chi connectivity index (χ4n) is 3.56. The number of non-ortho nitro benzene ring substituents is 1. The van der Waals surface area contributed by atoms with E-state index in [4.69, 9.17) is 4.74 Å². The number of benzene rings is 4. The average Bonchev–Trinajstić information content (AvgIpc) is 3.02. The van der Waals surface area contributed by atoms with Crippen molar-refractivity contribution in [3.8, 4) is 5.75 Å². The number of ether oxygens (including phenoxy) is 1. The lowest BCUT2D eigenvalue weighted by molar-refractivity contribution is -0.384. The average molecular weight is 561 g/mol. The van der Waals surface area contributed by atoms with Crippen LogP contribution in [0, 0.1) is 10.1 Å². The molecule has 0 aliphatic heterocycles. The van der Waals surface area contributed by atoms with Gasteiger partial charge in [-0.15, -0.1) is 0 Å². The first kappa shape index (κ1) is 28.8. The molecule has 0 atom stereocenters. The lowest BCUT2D eigenvalue weighted by Crippen LogP contribution is -2.32. The molecule has 0 spiro atoms. The van der Waals surface area contributed by atoms with Crippen molar-refractivity contribution >= 4 is 35.8 Å². The molecule has 0 aliphatic carbocycles. The van der Waals surface area contributed by atoms with Crippen molar-refractivity contribution in [2.45, 2.75) is 0 Å². The van der Waals surface area contributed by atoms with E-state index in [1.165, 1.54) is 42.6 Å². The van der Waals surface area contributed by atoms with E-state index in [-0.39, 0.29) is 22.7 Å². The molecule has 0 fully saturated rings. The lowest BCUT2D eigenvalue weighted by Gasteiger charge is -2.09. The maximum absolute atomic E-state index is 13.0. The number of esters is 1. The summed E-state index contributed by atoms with van der Waals surface area (Å²) in [5, 5.41) is 17.4. The number of carbonyl (C=O) groups is 3. The second-order valence-electron chi connectivity index (χ2n) is 8.60. The number of allylic oxidation sites excluding steroid dienone is 2. The van der Waals surface area contributed by atoms with Crippen LogP contribution in [0.3, 0.4) is 0 Å². The number of hydrogen-bond donors (Lipinski definition) is 2. The zero-order valence-electron chi connectivity index (χ0n) is 22.0. The Bertz CT molecular complexity index is 1660. The summed E-state index contributed by atoms with van der Waals surface area (Å²) >= 11 is 0. The van der Waals surface area contributed by atoms with Gasteiger partial charge in [-0.25, -0.2) is 10.2 Å². The minimum atomic E-state index is -0.728. The van der Waals surface area contributed by atoms with Crippen molar-refractivity contribution in [2.24, 2.45) is 5.10 Å². The van der Waals surface area contributed by atoms with Gasteiger partial charge in [0, 0.05) is 23.3 Å². The number of para-hydroxylation sites is 1. The standard InChI is InChI=1S/C32H24N4O6/c37-30(24-13-5-2-6-14-24)34-28(16-9-12-23-10-3-1-4-11-23)31(38)35-33-22-26-15-7-8-17-29(26)42-32(39)25-18-20-27(21-19-25)36(40)41/h1-22H,(H,34,37)(H,35,38). The topological polar surface area (TPSA) is 140 Å². The van der Waals surface area contributed by atoms with Crippen molar-refractivity contribution in [3.05, 3.63) is 159 Å². The van der Waals surface area contributed by atoms with Gasteiger partial charge in [0.05, 0.1) is 16.7 Å². The smallest absolute Gasteiger partial charge is 0.343 e. The van der Waals surface area contributed by atoms with E-state index in [1.54, 1.807) is 60.7 Å². The molecule has 4 rings (SSSR count). The molecule has 10 heteroatoms. The van der Waals surface area contributed by atoms with Crippen molar-refractivity contribution in [1.29, 1.82) is 0 Å². The molecule has 2 amide bonds. The SMILES string of the molecule is O=C(NN=Cc1ccccc1OC(=O)c1ccc([N+](=O)[O-])cc1)C(=CC=Cc1ccccc1)NC(=O)c1ccccc1. The Hall–Kier alpha value is -6.16. The quantitative estimate of drug-likeness (QED) is 0.0514. The molecule has 0 saturated heterocycles. The Morgan fingerprint density at radius 2 is 1.43 bits per heavy atom. The maximum atomic E-state index is 13.0. The third-order valence-electron chi connectivity index (χ3n) is 5.69. The fraction of sp³-hybridized carbons (Fsp3) is 0. The summed E-state index contributed by atoms with van der Waals surface area (Å²) in [7, 11) is 0. The van der Waals surface area contributed by atoms with Crippen molar-refractivity contribution in [1.82, 2.24) is 10.7 Å². The van der Waals surface area contributed by atoms with Crippen LogP contribution in [0.2, 0.25) is 0 Å². The van der Waals surface area contributed by atoms with Crippen LogP contribution in [-0.4, -0.2) is 28.9 Å². The molecule has 0 radical (unpaired) electrons. The molecule has 0 unspecified atom stereocenters. The molecule has 10 nitrogen and oxygen atoms in total. The summed E-state index contributed by atoms with van der Waals surface area (Å²) in [5.74, 6) is -1.74. The van der Waals surface area contributed by atoms with E-state index in [2.05, 4.69) is 15.8 Å². The summed E-state index contributed by atoms with van der Waals surface area (Å²) in [6, 6.07) is 29.4. The summed E-state index contributed by atoms with van der Waals surface area (Å²) in [6.45, 7) is 0. The molecule has 0 heterocycles. The van der Waals surface area contributed by atoms with Gasteiger partial charge in [-0.1, -0.05) is 72.8 Å². The highest BCUT2D eigenvalue weighted by atomic mass is 16.6. The highest BCUT2D eigenvalue weighted by molar-refractivity contribution is 6.03. The summed E-state index contributed by atoms with van der Waals surface area (Å²) in [6.07, 6.45) is 6.15. The molecule has 208 valence electrons. The molecular formula is C32H24N4O6. The molecular weight excluding hydrogens is 536 g/mol. The first-order valence-corrected chi connectivity index (χ1v) is 12.6. The zero-order valence-corrected chi connectivity index (χ0v) is 22.0. The monoisotopic (exact) mass is 560 g/mol. The van der Waals surface area contributed by atoms with E-state index in [0.717, 1.165) is 5.56 Å². The normalized spacial score (nSPS) is 11.3. The number of rotatable bonds is 10. The fourth-order valence-corrected chi connectivity index (χ4v) is 3.56. The minimum Gasteiger partial charge on any atom is -0.422 e. The van der Waals surface area contributed by atoms with Crippen molar-refractivity contribution < 1.29 is 24.0 Å². The largest absolute Gasteiger partial charge is 0.422 e. The van der Waals surface area contributed by atoms with E-state index < -0.39 is 22.7 Å². The lowest BCUT2D eigenvalue weighted by atomic mass is 10.2. The third-order valence-corrected chi connectivity index (χ3v) is 5.69. The van der Waals surface area contributed by atoms with Crippen molar-refractivity contribution in [3.63, 3.8) is 0 Å². The van der Waals surface area contributed by atoms with E-state index in [9.17, 15) is 24.5 Å². The Balaban J connectivity index is 1.47. The second kappa shape index (κ2) is 14.3. The Labute approximate surface area is 240 Å². The number of nitrogens with zero attached hydrogens (tertiary/aromatic N) is 2. The number of hydrazone groups is 1. The predicted molar refractivity (Wildman–Crippen MR) is 158 cm³/mol.